The summed E-state index contributed by atoms with van der Waals surface area (Å²) in [5.41, 5.74) is 0.680. The van der Waals surface area contributed by atoms with E-state index in [9.17, 15) is 4.79 Å². The molecule has 2 N–H and O–H groups in total. The van der Waals surface area contributed by atoms with Crippen molar-refractivity contribution in [2.75, 3.05) is 18.5 Å². The molecule has 0 radical (unpaired) electrons. The second-order valence-corrected chi connectivity index (χ2v) is 5.92. The van der Waals surface area contributed by atoms with Crippen LogP contribution in [0.2, 0.25) is 15.1 Å². The van der Waals surface area contributed by atoms with Gasteiger partial charge in [-0.3, -0.25) is 0 Å². The Hall–Kier alpha value is -1.62. The molecule has 2 aromatic carbocycles. The van der Waals surface area contributed by atoms with Gasteiger partial charge in [0.1, 0.15) is 5.75 Å². The first-order valence-corrected chi connectivity index (χ1v) is 8.06. The fourth-order valence-electron chi connectivity index (χ4n) is 1.74. The lowest BCUT2D eigenvalue weighted by atomic mass is 10.3. The Morgan fingerprint density at radius 2 is 1.74 bits per heavy atom. The van der Waals surface area contributed by atoms with E-state index in [0.29, 0.717) is 46.1 Å². The van der Waals surface area contributed by atoms with Crippen molar-refractivity contribution >= 4 is 46.5 Å². The summed E-state index contributed by atoms with van der Waals surface area (Å²) in [6.07, 6.45) is 0.661. The molecule has 0 atom stereocenters. The normalized spacial score (nSPS) is 10.2. The molecule has 0 heterocycles. The molecule has 4 nitrogen and oxygen atoms in total. The molecular formula is C16H15Cl3N2O2. The van der Waals surface area contributed by atoms with Crippen molar-refractivity contribution in [1.29, 1.82) is 0 Å². The van der Waals surface area contributed by atoms with Crippen LogP contribution < -0.4 is 15.4 Å². The Morgan fingerprint density at radius 1 is 1.00 bits per heavy atom. The maximum absolute atomic E-state index is 11.7. The topological polar surface area (TPSA) is 50.4 Å². The summed E-state index contributed by atoms with van der Waals surface area (Å²) < 4.78 is 5.53. The summed E-state index contributed by atoms with van der Waals surface area (Å²) in [5.74, 6) is 0.644. The van der Waals surface area contributed by atoms with E-state index in [2.05, 4.69) is 10.6 Å². The second-order valence-electron chi connectivity index (χ2n) is 4.67. The van der Waals surface area contributed by atoms with Gasteiger partial charge in [-0.25, -0.2) is 4.79 Å². The molecule has 0 spiro atoms. The number of rotatable bonds is 6. The number of nitrogens with one attached hydrogen (secondary N) is 2. The third kappa shape index (κ3) is 6.18. The molecule has 0 unspecified atom stereocenters. The number of ether oxygens (including phenoxy) is 1. The zero-order valence-corrected chi connectivity index (χ0v) is 14.4. The van der Waals surface area contributed by atoms with E-state index in [1.165, 1.54) is 0 Å². The Labute approximate surface area is 149 Å². The van der Waals surface area contributed by atoms with Gasteiger partial charge in [-0.05, 0) is 42.8 Å². The molecule has 0 saturated heterocycles. The van der Waals surface area contributed by atoms with Crippen molar-refractivity contribution in [3.05, 3.63) is 57.5 Å². The summed E-state index contributed by atoms with van der Waals surface area (Å²) >= 11 is 17.5. The smallest absolute Gasteiger partial charge is 0.319 e. The number of carbonyl (C=O) groups excluding carboxylic acids is 1. The lowest BCUT2D eigenvalue weighted by Crippen LogP contribution is -2.30. The van der Waals surface area contributed by atoms with E-state index in [4.69, 9.17) is 39.5 Å². The van der Waals surface area contributed by atoms with Gasteiger partial charge in [0.15, 0.2) is 0 Å². The van der Waals surface area contributed by atoms with Gasteiger partial charge in [0.05, 0.1) is 16.7 Å². The Morgan fingerprint density at radius 3 is 2.43 bits per heavy atom. The molecule has 2 rings (SSSR count). The van der Waals surface area contributed by atoms with Crippen molar-refractivity contribution in [2.45, 2.75) is 6.42 Å². The highest BCUT2D eigenvalue weighted by Gasteiger charge is 2.02. The number of urea groups is 1. The van der Waals surface area contributed by atoms with E-state index in [0.717, 1.165) is 0 Å². The van der Waals surface area contributed by atoms with E-state index < -0.39 is 0 Å². The van der Waals surface area contributed by atoms with Crippen LogP contribution in [0, 0.1) is 0 Å². The van der Waals surface area contributed by atoms with Crippen molar-refractivity contribution in [1.82, 2.24) is 5.32 Å². The van der Waals surface area contributed by atoms with E-state index in [1.54, 1.807) is 42.5 Å². The van der Waals surface area contributed by atoms with E-state index in [-0.39, 0.29) is 6.03 Å². The zero-order chi connectivity index (χ0) is 16.7. The summed E-state index contributed by atoms with van der Waals surface area (Å²) in [5, 5.41) is 7.01. The highest BCUT2D eigenvalue weighted by molar-refractivity contribution is 6.42. The molecule has 0 saturated carbocycles. The maximum atomic E-state index is 11.7. The van der Waals surface area contributed by atoms with Crippen molar-refractivity contribution in [3.8, 4) is 5.75 Å². The van der Waals surface area contributed by atoms with Crippen molar-refractivity contribution in [2.24, 2.45) is 0 Å². The Bertz CT molecular complexity index is 663. The third-order valence-electron chi connectivity index (χ3n) is 2.87. The van der Waals surface area contributed by atoms with Crippen molar-refractivity contribution < 1.29 is 9.53 Å². The summed E-state index contributed by atoms with van der Waals surface area (Å²) in [6, 6.07) is 11.7. The molecule has 0 aliphatic rings. The predicted octanol–water partition coefficient (Wildman–Crippen LogP) is 5.24. The fourth-order valence-corrected chi connectivity index (χ4v) is 2.15. The number of anilines is 1. The van der Waals surface area contributed by atoms with Crippen LogP contribution in [0.3, 0.4) is 0 Å². The molecule has 23 heavy (non-hydrogen) atoms. The molecule has 0 aliphatic heterocycles. The van der Waals surface area contributed by atoms with Gasteiger partial charge in [0, 0.05) is 23.3 Å². The largest absolute Gasteiger partial charge is 0.493 e. The Kier molecular flexibility index (Phi) is 6.84. The van der Waals surface area contributed by atoms with Crippen LogP contribution >= 0.6 is 34.8 Å². The van der Waals surface area contributed by atoms with E-state index >= 15 is 0 Å². The average molecular weight is 374 g/mol. The molecule has 0 aliphatic carbocycles. The summed E-state index contributed by atoms with van der Waals surface area (Å²) in [7, 11) is 0. The van der Waals surface area contributed by atoms with Crippen LogP contribution in [0.1, 0.15) is 6.42 Å². The van der Waals surface area contributed by atoms with Crippen LogP contribution in [-0.2, 0) is 0 Å². The number of amides is 2. The molecular weight excluding hydrogens is 359 g/mol. The molecule has 2 amide bonds. The molecule has 122 valence electrons. The van der Waals surface area contributed by atoms with Gasteiger partial charge in [-0.15, -0.1) is 0 Å². The molecule has 0 aromatic heterocycles. The fraction of sp³-hybridized carbons (Fsp3) is 0.188. The third-order valence-corrected chi connectivity index (χ3v) is 3.86. The minimum Gasteiger partial charge on any atom is -0.493 e. The van der Waals surface area contributed by atoms with Gasteiger partial charge >= 0.3 is 6.03 Å². The highest BCUT2D eigenvalue weighted by Crippen LogP contribution is 2.26. The molecule has 7 heteroatoms. The number of hydrogen-bond donors (Lipinski definition) is 2. The quantitative estimate of drug-likeness (QED) is 0.681. The first-order chi connectivity index (χ1) is 11.0. The minimum absolute atomic E-state index is 0.276. The summed E-state index contributed by atoms with van der Waals surface area (Å²) in [6.45, 7) is 0.944. The molecule has 0 fully saturated rings. The Balaban J connectivity index is 1.64. The lowest BCUT2D eigenvalue weighted by Gasteiger charge is -2.09. The van der Waals surface area contributed by atoms with Crippen LogP contribution in [0.15, 0.2) is 42.5 Å². The number of benzene rings is 2. The summed E-state index contributed by atoms with van der Waals surface area (Å²) in [4.78, 5) is 11.7. The molecule has 0 bridgehead atoms. The lowest BCUT2D eigenvalue weighted by molar-refractivity contribution is 0.250. The van der Waals surface area contributed by atoms with Crippen LogP contribution in [0.4, 0.5) is 10.5 Å². The zero-order valence-electron chi connectivity index (χ0n) is 12.1. The van der Waals surface area contributed by atoms with Gasteiger partial charge < -0.3 is 15.4 Å². The monoisotopic (exact) mass is 372 g/mol. The van der Waals surface area contributed by atoms with Crippen LogP contribution in [-0.4, -0.2) is 19.2 Å². The van der Waals surface area contributed by atoms with Gasteiger partial charge in [0.25, 0.3) is 0 Å². The number of halogens is 3. The minimum atomic E-state index is -0.276. The molecule has 2 aromatic rings. The van der Waals surface area contributed by atoms with E-state index in [1.807, 2.05) is 0 Å². The van der Waals surface area contributed by atoms with Crippen LogP contribution in [0.5, 0.6) is 5.75 Å². The van der Waals surface area contributed by atoms with Gasteiger partial charge in [-0.1, -0.05) is 34.8 Å². The average Bonchev–Trinajstić information content (AvgIpc) is 2.53. The predicted molar refractivity (Wildman–Crippen MR) is 95.0 cm³/mol. The first-order valence-electron chi connectivity index (χ1n) is 6.93. The van der Waals surface area contributed by atoms with Crippen molar-refractivity contribution in [3.63, 3.8) is 0 Å². The second kappa shape index (κ2) is 8.87. The van der Waals surface area contributed by atoms with Crippen LogP contribution in [0.25, 0.3) is 0 Å². The van der Waals surface area contributed by atoms with Gasteiger partial charge in [0.2, 0.25) is 0 Å². The standard InChI is InChI=1S/C16H15Cl3N2O2/c17-11-2-4-12(5-3-11)21-16(22)20-8-1-9-23-13-6-7-14(18)15(19)10-13/h2-7,10H,1,8-9H2,(H2,20,21,22). The number of carbonyl (C=O) groups is 1. The highest BCUT2D eigenvalue weighted by atomic mass is 35.5. The number of hydrogen-bond acceptors (Lipinski definition) is 2. The maximum Gasteiger partial charge on any atom is 0.319 e. The SMILES string of the molecule is O=C(NCCCOc1ccc(Cl)c(Cl)c1)Nc1ccc(Cl)cc1. The first kappa shape index (κ1) is 17.7. The van der Waals surface area contributed by atoms with Gasteiger partial charge in [-0.2, -0.15) is 0 Å².